The molecule has 1 amide bonds. The SMILES string of the molecule is CC(=O)N[C@H]1[C@H](Oc2cccc(C(F)(F)F)c2-c2cccc(F)c2)O[C@H](CO)[C@H](O)[C@@H]1O. The second-order valence-electron chi connectivity index (χ2n) is 7.24. The fourth-order valence-corrected chi connectivity index (χ4v) is 3.50. The highest BCUT2D eigenvalue weighted by molar-refractivity contribution is 5.75. The number of benzene rings is 2. The summed E-state index contributed by atoms with van der Waals surface area (Å²) in [4.78, 5) is 11.6. The van der Waals surface area contributed by atoms with Crippen molar-refractivity contribution in [2.24, 2.45) is 0 Å². The maximum Gasteiger partial charge on any atom is 0.417 e. The number of rotatable bonds is 5. The normalized spacial score (nSPS) is 25.9. The number of amides is 1. The summed E-state index contributed by atoms with van der Waals surface area (Å²) in [5, 5.41) is 32.2. The maximum atomic E-state index is 13.8. The minimum Gasteiger partial charge on any atom is -0.462 e. The number of halogens is 4. The van der Waals surface area contributed by atoms with E-state index in [0.29, 0.717) is 0 Å². The number of carbonyl (C=O) groups is 1. The van der Waals surface area contributed by atoms with Gasteiger partial charge >= 0.3 is 6.18 Å². The largest absolute Gasteiger partial charge is 0.462 e. The molecule has 0 saturated carbocycles. The molecular weight excluding hydrogens is 438 g/mol. The first-order valence-corrected chi connectivity index (χ1v) is 9.55. The third-order valence-corrected chi connectivity index (χ3v) is 4.94. The van der Waals surface area contributed by atoms with Crippen LogP contribution in [0.2, 0.25) is 0 Å². The molecule has 1 heterocycles. The van der Waals surface area contributed by atoms with Gasteiger partial charge < -0.3 is 30.1 Å². The summed E-state index contributed by atoms with van der Waals surface area (Å²) >= 11 is 0. The Balaban J connectivity index is 2.09. The molecule has 0 unspecified atom stereocenters. The van der Waals surface area contributed by atoms with Crippen molar-refractivity contribution < 1.29 is 47.1 Å². The van der Waals surface area contributed by atoms with E-state index in [1.54, 1.807) is 0 Å². The summed E-state index contributed by atoms with van der Waals surface area (Å²) in [6.07, 6.45) is -11.0. The average molecular weight is 459 g/mol. The first-order chi connectivity index (χ1) is 15.0. The molecule has 0 aliphatic carbocycles. The van der Waals surface area contributed by atoms with Crippen LogP contribution in [0.15, 0.2) is 42.5 Å². The molecule has 1 fully saturated rings. The molecule has 0 aromatic heterocycles. The van der Waals surface area contributed by atoms with Crippen LogP contribution in [0.4, 0.5) is 17.6 Å². The highest BCUT2D eigenvalue weighted by atomic mass is 19.4. The quantitative estimate of drug-likeness (QED) is 0.509. The summed E-state index contributed by atoms with van der Waals surface area (Å²) in [7, 11) is 0. The van der Waals surface area contributed by atoms with E-state index >= 15 is 0 Å². The number of carbonyl (C=O) groups excluding carboxylic acids is 1. The van der Waals surface area contributed by atoms with E-state index in [2.05, 4.69) is 5.32 Å². The molecular formula is C21H21F4NO6. The molecule has 7 nitrogen and oxygen atoms in total. The van der Waals surface area contributed by atoms with Crippen LogP contribution in [0.3, 0.4) is 0 Å². The topological polar surface area (TPSA) is 108 Å². The molecule has 0 spiro atoms. The van der Waals surface area contributed by atoms with Crippen molar-refractivity contribution in [3.8, 4) is 16.9 Å². The molecule has 0 radical (unpaired) electrons. The van der Waals surface area contributed by atoms with E-state index in [-0.39, 0.29) is 11.3 Å². The summed E-state index contributed by atoms with van der Waals surface area (Å²) in [6.45, 7) is 0.390. The molecule has 1 aliphatic heterocycles. The Hall–Kier alpha value is -2.73. The third kappa shape index (κ3) is 5.01. The summed E-state index contributed by atoms with van der Waals surface area (Å²) < 4.78 is 66.0. The van der Waals surface area contributed by atoms with Crippen LogP contribution in [0.25, 0.3) is 11.1 Å². The molecule has 2 aromatic rings. The van der Waals surface area contributed by atoms with Crippen molar-refractivity contribution in [1.82, 2.24) is 5.32 Å². The van der Waals surface area contributed by atoms with Gasteiger partial charge in [-0.3, -0.25) is 4.79 Å². The van der Waals surface area contributed by atoms with E-state index in [4.69, 9.17) is 9.47 Å². The molecule has 174 valence electrons. The number of aliphatic hydroxyl groups excluding tert-OH is 3. The van der Waals surface area contributed by atoms with Crippen LogP contribution in [0.5, 0.6) is 5.75 Å². The van der Waals surface area contributed by atoms with Gasteiger partial charge in [0.15, 0.2) is 0 Å². The molecule has 0 bridgehead atoms. The molecule has 2 aromatic carbocycles. The van der Waals surface area contributed by atoms with Crippen LogP contribution in [0.1, 0.15) is 12.5 Å². The molecule has 1 aliphatic rings. The lowest BCUT2D eigenvalue weighted by molar-refractivity contribution is -0.244. The smallest absolute Gasteiger partial charge is 0.417 e. The van der Waals surface area contributed by atoms with Crippen molar-refractivity contribution >= 4 is 5.91 Å². The Morgan fingerprint density at radius 1 is 1.16 bits per heavy atom. The standard InChI is InChI=1S/C21H21F4NO6/c1-10(28)26-17-19(30)18(29)15(9-27)32-20(17)31-14-7-3-6-13(21(23,24)25)16(14)11-4-2-5-12(22)8-11/h2-8,15,17-20,27,29-30H,9H2,1H3,(H,26,28)/t15-,17-,18+,19-,20-/m1/s1. The predicted octanol–water partition coefficient (Wildman–Crippen LogP) is 1.83. The van der Waals surface area contributed by atoms with Crippen LogP contribution in [0, 0.1) is 5.82 Å². The van der Waals surface area contributed by atoms with E-state index in [1.807, 2.05) is 0 Å². The summed E-state index contributed by atoms with van der Waals surface area (Å²) in [6, 6.07) is 6.17. The van der Waals surface area contributed by atoms with Gasteiger partial charge in [0.1, 0.15) is 35.9 Å². The Kier molecular flexibility index (Phi) is 7.03. The monoisotopic (exact) mass is 459 g/mol. The van der Waals surface area contributed by atoms with E-state index in [0.717, 1.165) is 31.2 Å². The van der Waals surface area contributed by atoms with Gasteiger partial charge in [-0.15, -0.1) is 0 Å². The molecule has 4 N–H and O–H groups in total. The minimum atomic E-state index is -4.81. The molecule has 3 rings (SSSR count). The van der Waals surface area contributed by atoms with E-state index < -0.39 is 66.3 Å². The maximum absolute atomic E-state index is 13.8. The molecule has 32 heavy (non-hydrogen) atoms. The van der Waals surface area contributed by atoms with Crippen molar-refractivity contribution in [2.45, 2.75) is 43.7 Å². The number of ether oxygens (including phenoxy) is 2. The first-order valence-electron chi connectivity index (χ1n) is 9.55. The van der Waals surface area contributed by atoms with Gasteiger partial charge in [-0.25, -0.2) is 4.39 Å². The molecule has 1 saturated heterocycles. The lowest BCUT2D eigenvalue weighted by atomic mass is 9.96. The van der Waals surface area contributed by atoms with Crippen molar-refractivity contribution in [3.05, 3.63) is 53.8 Å². The zero-order valence-corrected chi connectivity index (χ0v) is 16.7. The fraction of sp³-hybridized carbons (Fsp3) is 0.381. The highest BCUT2D eigenvalue weighted by Crippen LogP contribution is 2.43. The van der Waals surface area contributed by atoms with Gasteiger partial charge in [-0.05, 0) is 29.8 Å². The van der Waals surface area contributed by atoms with Crippen LogP contribution < -0.4 is 10.1 Å². The number of aliphatic hydroxyl groups is 3. The van der Waals surface area contributed by atoms with Gasteiger partial charge in [0.25, 0.3) is 0 Å². The lowest BCUT2D eigenvalue weighted by Gasteiger charge is -2.42. The zero-order valence-electron chi connectivity index (χ0n) is 16.7. The van der Waals surface area contributed by atoms with Crippen LogP contribution in [-0.4, -0.2) is 58.5 Å². The Morgan fingerprint density at radius 2 is 1.84 bits per heavy atom. The first kappa shape index (κ1) is 23.9. The summed E-state index contributed by atoms with van der Waals surface area (Å²) in [5.41, 5.74) is -1.71. The number of hydrogen-bond acceptors (Lipinski definition) is 6. The fourth-order valence-electron chi connectivity index (χ4n) is 3.50. The van der Waals surface area contributed by atoms with Crippen LogP contribution >= 0.6 is 0 Å². The Labute approximate surface area is 180 Å². The predicted molar refractivity (Wildman–Crippen MR) is 103 cm³/mol. The Bertz CT molecular complexity index is 970. The van der Waals surface area contributed by atoms with Gasteiger partial charge in [-0.1, -0.05) is 18.2 Å². The summed E-state index contributed by atoms with van der Waals surface area (Å²) in [5.74, 6) is -1.77. The van der Waals surface area contributed by atoms with E-state index in [1.165, 1.54) is 18.2 Å². The number of nitrogens with one attached hydrogen (secondary N) is 1. The Morgan fingerprint density at radius 3 is 2.44 bits per heavy atom. The number of alkyl halides is 3. The van der Waals surface area contributed by atoms with Crippen molar-refractivity contribution in [3.63, 3.8) is 0 Å². The van der Waals surface area contributed by atoms with Gasteiger partial charge in [0, 0.05) is 12.5 Å². The average Bonchev–Trinajstić information content (AvgIpc) is 2.72. The lowest BCUT2D eigenvalue weighted by Crippen LogP contribution is -2.65. The van der Waals surface area contributed by atoms with Crippen molar-refractivity contribution in [2.75, 3.05) is 6.61 Å². The van der Waals surface area contributed by atoms with Gasteiger partial charge in [-0.2, -0.15) is 13.2 Å². The second kappa shape index (κ2) is 9.41. The molecule has 11 heteroatoms. The zero-order chi connectivity index (χ0) is 23.6. The van der Waals surface area contributed by atoms with Crippen LogP contribution in [-0.2, 0) is 15.7 Å². The minimum absolute atomic E-state index is 0.126. The second-order valence-corrected chi connectivity index (χ2v) is 7.24. The van der Waals surface area contributed by atoms with Gasteiger partial charge in [0.05, 0.1) is 12.2 Å². The highest BCUT2D eigenvalue weighted by Gasteiger charge is 2.46. The number of hydrogen-bond donors (Lipinski definition) is 4. The van der Waals surface area contributed by atoms with Gasteiger partial charge in [0.2, 0.25) is 12.2 Å². The molecule has 5 atom stereocenters. The van der Waals surface area contributed by atoms with E-state index in [9.17, 15) is 37.7 Å². The third-order valence-electron chi connectivity index (χ3n) is 4.94. The van der Waals surface area contributed by atoms with Crippen molar-refractivity contribution in [1.29, 1.82) is 0 Å².